The van der Waals surface area contributed by atoms with Gasteiger partial charge in [-0.05, 0) is 19.1 Å². The van der Waals surface area contributed by atoms with E-state index in [-0.39, 0.29) is 11.3 Å². The second-order valence-electron chi connectivity index (χ2n) is 7.66. The van der Waals surface area contributed by atoms with Crippen LogP contribution in [-0.4, -0.2) is 70.9 Å². The number of carboxylic acid groups (broad SMARTS) is 1. The number of aliphatic carboxylic acids is 1. The molecule has 12 heteroatoms. The van der Waals surface area contributed by atoms with Crippen LogP contribution in [0, 0.1) is 18.3 Å². The third-order valence-electron chi connectivity index (χ3n) is 5.27. The summed E-state index contributed by atoms with van der Waals surface area (Å²) in [5, 5.41) is 10.2. The van der Waals surface area contributed by atoms with Crippen molar-refractivity contribution in [1.29, 1.82) is 0 Å². The summed E-state index contributed by atoms with van der Waals surface area (Å²) in [6.07, 6.45) is -1.78. The Morgan fingerprint density at radius 3 is 2.78 bits per heavy atom. The Hall–Kier alpha value is -2.57. The third kappa shape index (κ3) is 5.81. The van der Waals surface area contributed by atoms with Gasteiger partial charge in [-0.25, -0.2) is 9.78 Å². The SMILES string of the molecule is Cc1nc(COC[C@]23COC[C@H]2CN(C(=O)c2cccnc2)C3)cs1.O=C(O)C(F)(F)F. The lowest BCUT2D eigenvalue weighted by atomic mass is 9.82. The summed E-state index contributed by atoms with van der Waals surface area (Å²) in [5.74, 6) is -2.39. The molecule has 2 aliphatic rings. The van der Waals surface area contributed by atoms with Gasteiger partial charge >= 0.3 is 12.1 Å². The molecule has 0 aromatic carbocycles. The van der Waals surface area contributed by atoms with Gasteiger partial charge in [-0.15, -0.1) is 11.3 Å². The van der Waals surface area contributed by atoms with Crippen molar-refractivity contribution in [2.24, 2.45) is 11.3 Å². The molecule has 2 aliphatic heterocycles. The van der Waals surface area contributed by atoms with Gasteiger partial charge in [0.15, 0.2) is 0 Å². The molecule has 1 amide bonds. The van der Waals surface area contributed by atoms with Crippen LogP contribution in [0.25, 0.3) is 0 Å². The monoisotopic (exact) mass is 473 g/mol. The van der Waals surface area contributed by atoms with Crippen LogP contribution in [0.5, 0.6) is 0 Å². The van der Waals surface area contributed by atoms with E-state index >= 15 is 0 Å². The summed E-state index contributed by atoms with van der Waals surface area (Å²) in [7, 11) is 0. The number of pyridine rings is 1. The van der Waals surface area contributed by atoms with Crippen LogP contribution in [0.1, 0.15) is 21.1 Å². The van der Waals surface area contributed by atoms with Crippen molar-refractivity contribution in [3.63, 3.8) is 0 Å². The van der Waals surface area contributed by atoms with Crippen LogP contribution < -0.4 is 0 Å². The van der Waals surface area contributed by atoms with Gasteiger partial charge in [-0.1, -0.05) is 0 Å². The first-order valence-electron chi connectivity index (χ1n) is 9.67. The van der Waals surface area contributed by atoms with Crippen molar-refractivity contribution in [3.05, 3.63) is 46.2 Å². The van der Waals surface area contributed by atoms with Crippen LogP contribution in [0.15, 0.2) is 29.9 Å². The lowest BCUT2D eigenvalue weighted by Gasteiger charge is -2.26. The molecule has 0 spiro atoms. The molecule has 0 unspecified atom stereocenters. The first-order valence-corrected chi connectivity index (χ1v) is 10.5. The number of nitrogens with zero attached hydrogens (tertiary/aromatic N) is 3. The van der Waals surface area contributed by atoms with Crippen LogP contribution in [0.3, 0.4) is 0 Å². The number of alkyl halides is 3. The zero-order chi connectivity index (χ0) is 23.4. The van der Waals surface area contributed by atoms with E-state index in [1.807, 2.05) is 23.3 Å². The number of fused-ring (bicyclic) bond motifs is 1. The molecular formula is C20H22F3N3O5S. The van der Waals surface area contributed by atoms with Crippen LogP contribution in [0.4, 0.5) is 13.2 Å². The molecule has 2 saturated heterocycles. The average Bonchev–Trinajstić information content (AvgIpc) is 3.42. The molecule has 174 valence electrons. The summed E-state index contributed by atoms with van der Waals surface area (Å²) in [5.41, 5.74) is 1.50. The fourth-order valence-electron chi connectivity index (χ4n) is 3.70. The lowest BCUT2D eigenvalue weighted by Crippen LogP contribution is -2.37. The predicted octanol–water partition coefficient (Wildman–Crippen LogP) is 2.79. The number of amides is 1. The molecule has 0 saturated carbocycles. The summed E-state index contributed by atoms with van der Waals surface area (Å²) in [6.45, 7) is 5.81. The Bertz CT molecular complexity index is 940. The molecule has 2 aromatic rings. The molecule has 2 fully saturated rings. The minimum absolute atomic E-state index is 0.0389. The second-order valence-corrected chi connectivity index (χ2v) is 8.72. The quantitative estimate of drug-likeness (QED) is 0.713. The van der Waals surface area contributed by atoms with Crippen molar-refractivity contribution in [3.8, 4) is 0 Å². The highest BCUT2D eigenvalue weighted by molar-refractivity contribution is 7.09. The molecule has 0 radical (unpaired) electrons. The second kappa shape index (κ2) is 9.92. The largest absolute Gasteiger partial charge is 0.490 e. The highest BCUT2D eigenvalue weighted by Gasteiger charge is 2.52. The van der Waals surface area contributed by atoms with E-state index in [0.717, 1.165) is 10.7 Å². The molecular weight excluding hydrogens is 451 g/mol. The average molecular weight is 473 g/mol. The van der Waals surface area contributed by atoms with Gasteiger partial charge in [0.05, 0.1) is 42.7 Å². The number of carbonyl (C=O) groups excluding carboxylic acids is 1. The Morgan fingerprint density at radius 2 is 2.19 bits per heavy atom. The van der Waals surface area contributed by atoms with Gasteiger partial charge < -0.3 is 19.5 Å². The van der Waals surface area contributed by atoms with Gasteiger partial charge in [0.2, 0.25) is 0 Å². The Morgan fingerprint density at radius 1 is 1.44 bits per heavy atom. The van der Waals surface area contributed by atoms with Crippen molar-refractivity contribution in [1.82, 2.24) is 14.9 Å². The van der Waals surface area contributed by atoms with Crippen molar-refractivity contribution in [2.75, 3.05) is 32.9 Å². The first-order chi connectivity index (χ1) is 15.1. The zero-order valence-electron chi connectivity index (χ0n) is 17.2. The number of likely N-dealkylation sites (tertiary alicyclic amines) is 1. The standard InChI is InChI=1S/C18H21N3O3S.C2HF3O2/c1-13-20-16(9-25-13)8-24-12-18-10-21(6-15(18)7-23-11-18)17(22)14-3-2-4-19-5-14;3-2(4,5)1(6)7/h2-5,9,15H,6-8,10-12H2,1H3;(H,6,7)/t15-,18+;/m1./s1. The van der Waals surface area contributed by atoms with Gasteiger partial charge in [0.1, 0.15) is 0 Å². The van der Waals surface area contributed by atoms with E-state index in [9.17, 15) is 18.0 Å². The molecule has 32 heavy (non-hydrogen) atoms. The summed E-state index contributed by atoms with van der Waals surface area (Å²) in [6, 6.07) is 3.61. The van der Waals surface area contributed by atoms with E-state index in [2.05, 4.69) is 9.97 Å². The maximum Gasteiger partial charge on any atom is 0.490 e. The number of carboxylic acids is 1. The Kier molecular flexibility index (Phi) is 7.47. The van der Waals surface area contributed by atoms with Crippen LogP contribution in [0.2, 0.25) is 0 Å². The number of ether oxygens (including phenoxy) is 2. The number of aromatic nitrogens is 2. The third-order valence-corrected chi connectivity index (χ3v) is 6.09. The van der Waals surface area contributed by atoms with E-state index in [4.69, 9.17) is 19.4 Å². The number of hydrogen-bond donors (Lipinski definition) is 1. The molecule has 1 N–H and O–H groups in total. The summed E-state index contributed by atoms with van der Waals surface area (Å²) >= 11 is 1.63. The minimum Gasteiger partial charge on any atom is -0.475 e. The van der Waals surface area contributed by atoms with Gasteiger partial charge in [-0.2, -0.15) is 13.2 Å². The van der Waals surface area contributed by atoms with E-state index < -0.39 is 12.1 Å². The number of halogens is 3. The van der Waals surface area contributed by atoms with E-state index in [1.54, 1.807) is 29.8 Å². The molecule has 2 aromatic heterocycles. The Labute approximate surface area is 186 Å². The van der Waals surface area contributed by atoms with Crippen molar-refractivity contribution >= 4 is 23.2 Å². The fraction of sp³-hybridized carbons (Fsp3) is 0.500. The zero-order valence-corrected chi connectivity index (χ0v) is 18.0. The molecule has 4 heterocycles. The van der Waals surface area contributed by atoms with Gasteiger partial charge in [-0.3, -0.25) is 9.78 Å². The van der Waals surface area contributed by atoms with Gasteiger partial charge in [0, 0.05) is 42.2 Å². The highest BCUT2D eigenvalue weighted by Crippen LogP contribution is 2.42. The fourth-order valence-corrected chi connectivity index (χ4v) is 4.29. The van der Waals surface area contributed by atoms with Crippen LogP contribution in [-0.2, 0) is 20.9 Å². The first kappa shape index (κ1) is 24.1. The van der Waals surface area contributed by atoms with Crippen molar-refractivity contribution < 1.29 is 37.3 Å². The lowest BCUT2D eigenvalue weighted by molar-refractivity contribution is -0.192. The van der Waals surface area contributed by atoms with Gasteiger partial charge in [0.25, 0.3) is 5.91 Å². The maximum absolute atomic E-state index is 12.7. The molecule has 4 rings (SSSR count). The number of thiazole rings is 1. The normalized spacial score (nSPS) is 22.2. The molecule has 0 aliphatic carbocycles. The molecule has 2 atom stereocenters. The van der Waals surface area contributed by atoms with Crippen molar-refractivity contribution in [2.45, 2.75) is 19.7 Å². The summed E-state index contributed by atoms with van der Waals surface area (Å²) in [4.78, 5) is 32.0. The number of hydrogen-bond acceptors (Lipinski definition) is 7. The predicted molar refractivity (Wildman–Crippen MR) is 107 cm³/mol. The number of rotatable bonds is 5. The summed E-state index contributed by atoms with van der Waals surface area (Å²) < 4.78 is 43.4. The molecule has 8 nitrogen and oxygen atoms in total. The highest BCUT2D eigenvalue weighted by atomic mass is 32.1. The minimum atomic E-state index is -5.08. The van der Waals surface area contributed by atoms with E-state index in [1.165, 1.54) is 0 Å². The van der Waals surface area contributed by atoms with Crippen LogP contribution >= 0.6 is 11.3 Å². The smallest absolute Gasteiger partial charge is 0.475 e. The number of aryl methyl sites for hydroxylation is 1. The molecule has 0 bridgehead atoms. The van der Waals surface area contributed by atoms with E-state index in [0.29, 0.717) is 51.0 Å². The number of carbonyl (C=O) groups is 2. The Balaban J connectivity index is 0.000000360. The topological polar surface area (TPSA) is 102 Å². The maximum atomic E-state index is 12.7.